The fourth-order valence-electron chi connectivity index (χ4n) is 2.90. The van der Waals surface area contributed by atoms with Crippen LogP contribution in [0.2, 0.25) is 0 Å². The number of rotatable bonds is 14. The molecular weight excluding hydrogens is 376 g/mol. The second-order valence-corrected chi connectivity index (χ2v) is 6.82. The summed E-state index contributed by atoms with van der Waals surface area (Å²) in [5, 5.41) is 20.2. The van der Waals surface area contributed by atoms with Gasteiger partial charge in [0, 0.05) is 5.69 Å². The standard InChI is InChI=1S/C20H36N6O.ClH/c1-2-3-4-5-6-7-8-9-10-11-14-27-18-13-12-16(25-19(21)22)15-17(18)26-20(23)24;/h12-13,15H,2-11,14H2,1H3,(H4,21,22,25)(H4,23,24,26);1H. The van der Waals surface area contributed by atoms with Crippen LogP contribution in [0.25, 0.3) is 0 Å². The molecule has 0 heterocycles. The molecule has 0 saturated heterocycles. The van der Waals surface area contributed by atoms with Gasteiger partial charge in [-0.25, -0.2) is 0 Å². The van der Waals surface area contributed by atoms with E-state index < -0.39 is 0 Å². The lowest BCUT2D eigenvalue weighted by Crippen LogP contribution is -2.22. The number of anilines is 2. The van der Waals surface area contributed by atoms with Crippen molar-refractivity contribution < 1.29 is 4.74 Å². The van der Waals surface area contributed by atoms with Crippen molar-refractivity contribution >= 4 is 35.7 Å². The Bertz CT molecular complexity index is 582. The number of halogens is 1. The highest BCUT2D eigenvalue weighted by Gasteiger charge is 2.07. The number of hydrogen-bond donors (Lipinski definition) is 6. The highest BCUT2D eigenvalue weighted by molar-refractivity contribution is 5.94. The number of benzene rings is 1. The topological polar surface area (TPSA) is 133 Å². The zero-order valence-electron chi connectivity index (χ0n) is 17.0. The van der Waals surface area contributed by atoms with Crippen molar-refractivity contribution in [3.05, 3.63) is 18.2 Å². The van der Waals surface area contributed by atoms with E-state index in [4.69, 9.17) is 27.0 Å². The molecule has 0 spiro atoms. The van der Waals surface area contributed by atoms with Gasteiger partial charge in [0.2, 0.25) is 0 Å². The molecule has 0 aliphatic heterocycles. The molecule has 1 aromatic carbocycles. The summed E-state index contributed by atoms with van der Waals surface area (Å²) in [6, 6.07) is 5.28. The van der Waals surface area contributed by atoms with E-state index in [1.165, 1.54) is 51.4 Å². The monoisotopic (exact) mass is 412 g/mol. The summed E-state index contributed by atoms with van der Waals surface area (Å²) in [7, 11) is 0. The molecule has 160 valence electrons. The van der Waals surface area contributed by atoms with Crippen LogP contribution >= 0.6 is 12.4 Å². The third-order valence-corrected chi connectivity index (χ3v) is 4.28. The maximum absolute atomic E-state index is 7.42. The Morgan fingerprint density at radius 1 is 0.857 bits per heavy atom. The maximum atomic E-state index is 7.42. The molecule has 0 aliphatic carbocycles. The van der Waals surface area contributed by atoms with E-state index in [0.29, 0.717) is 23.7 Å². The molecule has 0 saturated carbocycles. The molecule has 0 bridgehead atoms. The van der Waals surface area contributed by atoms with Crippen LogP contribution in [0.3, 0.4) is 0 Å². The van der Waals surface area contributed by atoms with Crippen LogP contribution in [0.4, 0.5) is 11.4 Å². The SMILES string of the molecule is CCCCCCCCCCCCOc1ccc(NC(=N)N)cc1NC(=N)N.Cl. The van der Waals surface area contributed by atoms with E-state index in [2.05, 4.69) is 17.6 Å². The third kappa shape index (κ3) is 12.3. The Labute approximate surface area is 175 Å². The zero-order chi connectivity index (χ0) is 19.9. The summed E-state index contributed by atoms with van der Waals surface area (Å²) in [5.41, 5.74) is 12.0. The van der Waals surface area contributed by atoms with Crippen LogP contribution in [0.1, 0.15) is 71.1 Å². The van der Waals surface area contributed by atoms with Gasteiger partial charge in [0.1, 0.15) is 5.75 Å². The van der Waals surface area contributed by atoms with Gasteiger partial charge in [0.25, 0.3) is 0 Å². The van der Waals surface area contributed by atoms with Crippen molar-refractivity contribution in [2.45, 2.75) is 71.1 Å². The first-order valence-corrected chi connectivity index (χ1v) is 10.0. The first kappa shape index (κ1) is 25.9. The van der Waals surface area contributed by atoms with Crippen molar-refractivity contribution in [1.29, 1.82) is 10.8 Å². The molecule has 28 heavy (non-hydrogen) atoms. The second-order valence-electron chi connectivity index (χ2n) is 6.82. The summed E-state index contributed by atoms with van der Waals surface area (Å²) >= 11 is 0. The molecule has 0 unspecified atom stereocenters. The minimum Gasteiger partial charge on any atom is -0.491 e. The zero-order valence-corrected chi connectivity index (χ0v) is 17.8. The van der Waals surface area contributed by atoms with Gasteiger partial charge in [-0.3, -0.25) is 10.8 Å². The summed E-state index contributed by atoms with van der Waals surface area (Å²) in [6.45, 7) is 2.88. The molecule has 8 N–H and O–H groups in total. The summed E-state index contributed by atoms with van der Waals surface area (Å²) in [5.74, 6) is 0.316. The van der Waals surface area contributed by atoms with Crippen molar-refractivity contribution in [1.82, 2.24) is 0 Å². The van der Waals surface area contributed by atoms with Gasteiger partial charge in [0.15, 0.2) is 11.9 Å². The Morgan fingerprint density at radius 3 is 1.93 bits per heavy atom. The minimum atomic E-state index is -0.168. The highest BCUT2D eigenvalue weighted by atomic mass is 35.5. The fourth-order valence-corrected chi connectivity index (χ4v) is 2.90. The third-order valence-electron chi connectivity index (χ3n) is 4.28. The molecule has 1 rings (SSSR count). The van der Waals surface area contributed by atoms with Crippen LogP contribution in [-0.2, 0) is 0 Å². The van der Waals surface area contributed by atoms with E-state index in [1.807, 2.05) is 0 Å². The normalized spacial score (nSPS) is 10.0. The quantitative estimate of drug-likeness (QED) is 0.145. The van der Waals surface area contributed by atoms with Gasteiger partial charge < -0.3 is 26.8 Å². The van der Waals surface area contributed by atoms with Crippen molar-refractivity contribution in [2.24, 2.45) is 11.5 Å². The molecule has 7 nitrogen and oxygen atoms in total. The number of unbranched alkanes of at least 4 members (excludes halogenated alkanes) is 9. The molecule has 0 aromatic heterocycles. The largest absolute Gasteiger partial charge is 0.491 e. The number of nitrogens with one attached hydrogen (secondary N) is 4. The predicted molar refractivity (Wildman–Crippen MR) is 122 cm³/mol. The Hall–Kier alpha value is -2.15. The second kappa shape index (κ2) is 15.9. The van der Waals surface area contributed by atoms with Crippen molar-refractivity contribution in [3.63, 3.8) is 0 Å². The van der Waals surface area contributed by atoms with Gasteiger partial charge >= 0.3 is 0 Å². The smallest absolute Gasteiger partial charge is 0.190 e. The summed E-state index contributed by atoms with van der Waals surface area (Å²) < 4.78 is 5.84. The van der Waals surface area contributed by atoms with E-state index in [1.54, 1.807) is 18.2 Å². The van der Waals surface area contributed by atoms with Gasteiger partial charge in [-0.05, 0) is 24.6 Å². The van der Waals surface area contributed by atoms with Gasteiger partial charge in [-0.1, -0.05) is 64.7 Å². The number of guanidine groups is 2. The van der Waals surface area contributed by atoms with Crippen LogP contribution in [0, 0.1) is 10.8 Å². The molecule has 0 radical (unpaired) electrons. The van der Waals surface area contributed by atoms with E-state index in [-0.39, 0.29) is 24.3 Å². The Morgan fingerprint density at radius 2 is 1.39 bits per heavy atom. The lowest BCUT2D eigenvalue weighted by atomic mass is 10.1. The van der Waals surface area contributed by atoms with Gasteiger partial charge in [-0.2, -0.15) is 0 Å². The maximum Gasteiger partial charge on any atom is 0.190 e. The first-order chi connectivity index (χ1) is 13.0. The van der Waals surface area contributed by atoms with E-state index in [0.717, 1.165) is 12.8 Å². The number of ether oxygens (including phenoxy) is 1. The van der Waals surface area contributed by atoms with Gasteiger partial charge in [-0.15, -0.1) is 12.4 Å². The van der Waals surface area contributed by atoms with E-state index >= 15 is 0 Å². The highest BCUT2D eigenvalue weighted by Crippen LogP contribution is 2.28. The average Bonchev–Trinajstić information content (AvgIpc) is 2.60. The van der Waals surface area contributed by atoms with Gasteiger partial charge in [0.05, 0.1) is 12.3 Å². The molecule has 0 fully saturated rings. The molecule has 8 heteroatoms. The Kier molecular flexibility index (Phi) is 14.6. The summed E-state index contributed by atoms with van der Waals surface area (Å²) in [4.78, 5) is 0. The van der Waals surface area contributed by atoms with Crippen molar-refractivity contribution in [2.75, 3.05) is 17.2 Å². The lowest BCUT2D eigenvalue weighted by Gasteiger charge is -2.14. The van der Waals surface area contributed by atoms with Crippen LogP contribution in [-0.4, -0.2) is 18.5 Å². The Balaban J connectivity index is 0.00000729. The molecular formula is C20H37ClN6O. The predicted octanol–water partition coefficient (Wildman–Crippen LogP) is 5.02. The molecule has 0 atom stereocenters. The molecule has 0 amide bonds. The molecule has 1 aromatic rings. The summed E-state index contributed by atoms with van der Waals surface area (Å²) in [6.07, 6.45) is 12.8. The van der Waals surface area contributed by atoms with Crippen molar-refractivity contribution in [3.8, 4) is 5.75 Å². The average molecular weight is 413 g/mol. The van der Waals surface area contributed by atoms with Crippen LogP contribution in [0.5, 0.6) is 5.75 Å². The fraction of sp³-hybridized carbons (Fsp3) is 0.600. The first-order valence-electron chi connectivity index (χ1n) is 10.0. The molecule has 0 aliphatic rings. The number of nitrogens with two attached hydrogens (primary N) is 2. The van der Waals surface area contributed by atoms with E-state index in [9.17, 15) is 0 Å². The number of hydrogen-bond acceptors (Lipinski definition) is 3. The van der Waals surface area contributed by atoms with Crippen LogP contribution < -0.4 is 26.8 Å². The minimum absolute atomic E-state index is 0. The van der Waals surface area contributed by atoms with Crippen LogP contribution in [0.15, 0.2) is 18.2 Å². The lowest BCUT2D eigenvalue weighted by molar-refractivity contribution is 0.306.